The number of hydrogen-bond donors (Lipinski definition) is 4. The number of ether oxygens (including phenoxy) is 2. The van der Waals surface area contributed by atoms with Crippen LogP contribution in [-0.2, 0) is 33.4 Å². The van der Waals surface area contributed by atoms with Crippen molar-refractivity contribution >= 4 is 29.5 Å². The Labute approximate surface area is 181 Å². The highest BCUT2D eigenvalue weighted by Crippen LogP contribution is 1.92. The van der Waals surface area contributed by atoms with E-state index in [1.807, 2.05) is 4.90 Å². The number of hydrogen-bond acceptors (Lipinski definition) is 8. The minimum Gasteiger partial charge on any atom is -0.481 e. The van der Waals surface area contributed by atoms with Gasteiger partial charge in [0, 0.05) is 39.0 Å². The molecule has 4 N–H and O–H groups in total. The van der Waals surface area contributed by atoms with Crippen molar-refractivity contribution in [1.82, 2.24) is 15.5 Å². The second-order valence-electron chi connectivity index (χ2n) is 6.69. The van der Waals surface area contributed by atoms with Crippen molar-refractivity contribution in [1.29, 1.82) is 0 Å². The number of aliphatic carboxylic acids is 2. The number of rotatable bonds is 20. The molecule has 0 saturated heterocycles. The molecule has 0 unspecified atom stereocenters. The highest BCUT2D eigenvalue weighted by atomic mass is 16.5. The molecule has 12 nitrogen and oxygen atoms in total. The Morgan fingerprint density at radius 1 is 0.710 bits per heavy atom. The number of nitrogens with zero attached hydrogens (tertiary/aromatic N) is 1. The van der Waals surface area contributed by atoms with E-state index in [1.165, 1.54) is 6.92 Å². The van der Waals surface area contributed by atoms with Crippen molar-refractivity contribution in [2.75, 3.05) is 59.2 Å². The van der Waals surface area contributed by atoms with Crippen molar-refractivity contribution in [2.45, 2.75) is 32.6 Å². The minimum absolute atomic E-state index is 0.00334. The number of carbonyl (C=O) groups excluding carboxylic acids is 3. The van der Waals surface area contributed by atoms with Crippen molar-refractivity contribution in [3.63, 3.8) is 0 Å². The van der Waals surface area contributed by atoms with Gasteiger partial charge in [0.05, 0.1) is 45.8 Å². The first-order chi connectivity index (χ1) is 14.7. The molecule has 0 aromatic carbocycles. The van der Waals surface area contributed by atoms with Gasteiger partial charge in [0.1, 0.15) is 5.78 Å². The molecule has 0 aromatic heterocycles. The van der Waals surface area contributed by atoms with Gasteiger partial charge in [-0.05, 0) is 6.92 Å². The van der Waals surface area contributed by atoms with Gasteiger partial charge in [-0.1, -0.05) is 0 Å². The highest BCUT2D eigenvalue weighted by Gasteiger charge is 2.09. The van der Waals surface area contributed by atoms with Gasteiger partial charge in [0.15, 0.2) is 0 Å². The maximum Gasteiger partial charge on any atom is 0.303 e. The molecular formula is C19H33N3O9. The van der Waals surface area contributed by atoms with Crippen LogP contribution >= 0.6 is 0 Å². The quantitative estimate of drug-likeness (QED) is 0.167. The van der Waals surface area contributed by atoms with E-state index in [-0.39, 0.29) is 76.1 Å². The largest absolute Gasteiger partial charge is 0.481 e. The first kappa shape index (κ1) is 28.4. The molecule has 0 aliphatic heterocycles. The topological polar surface area (TPSA) is 172 Å². The number of ketones is 1. The summed E-state index contributed by atoms with van der Waals surface area (Å²) in [5.74, 6) is -2.75. The zero-order valence-electron chi connectivity index (χ0n) is 17.9. The summed E-state index contributed by atoms with van der Waals surface area (Å²) in [5, 5.41) is 22.1. The van der Waals surface area contributed by atoms with Gasteiger partial charge < -0.3 is 30.3 Å². The monoisotopic (exact) mass is 447 g/mol. The molecule has 0 spiro atoms. The van der Waals surface area contributed by atoms with Gasteiger partial charge in [0.2, 0.25) is 11.8 Å². The van der Waals surface area contributed by atoms with Gasteiger partial charge in [-0.2, -0.15) is 0 Å². The molecule has 0 rings (SSSR count). The van der Waals surface area contributed by atoms with Crippen LogP contribution in [0.4, 0.5) is 0 Å². The van der Waals surface area contributed by atoms with E-state index in [2.05, 4.69) is 10.6 Å². The van der Waals surface area contributed by atoms with Crippen LogP contribution in [0.2, 0.25) is 0 Å². The summed E-state index contributed by atoms with van der Waals surface area (Å²) >= 11 is 0. The van der Waals surface area contributed by atoms with Crippen molar-refractivity contribution < 1.29 is 43.7 Å². The van der Waals surface area contributed by atoms with E-state index in [9.17, 15) is 24.0 Å². The number of Topliss-reactive ketones (excluding diaryl/α,β-unsaturated/α-hetero) is 1. The van der Waals surface area contributed by atoms with Gasteiger partial charge in [0.25, 0.3) is 0 Å². The van der Waals surface area contributed by atoms with Crippen LogP contribution in [0.1, 0.15) is 32.6 Å². The second kappa shape index (κ2) is 18.2. The number of carboxylic acids is 2. The van der Waals surface area contributed by atoms with Crippen LogP contribution in [-0.4, -0.2) is 104 Å². The zero-order chi connectivity index (χ0) is 23.5. The first-order valence-corrected chi connectivity index (χ1v) is 10.0. The van der Waals surface area contributed by atoms with Crippen molar-refractivity contribution in [2.24, 2.45) is 0 Å². The molecular weight excluding hydrogens is 414 g/mol. The maximum absolute atomic E-state index is 11.4. The summed E-state index contributed by atoms with van der Waals surface area (Å²) in [6.45, 7) is 4.46. The fourth-order valence-electron chi connectivity index (χ4n) is 2.32. The molecule has 0 heterocycles. The lowest BCUT2D eigenvalue weighted by Gasteiger charge is -2.21. The van der Waals surface area contributed by atoms with E-state index in [1.54, 1.807) is 0 Å². The summed E-state index contributed by atoms with van der Waals surface area (Å²) < 4.78 is 10.8. The molecule has 0 fully saturated rings. The molecule has 0 saturated carbocycles. The number of nitrogens with one attached hydrogen (secondary N) is 2. The molecule has 0 aromatic rings. The van der Waals surface area contributed by atoms with E-state index in [4.69, 9.17) is 19.7 Å². The molecule has 0 atom stereocenters. The first-order valence-electron chi connectivity index (χ1n) is 10.0. The average Bonchev–Trinajstić information content (AvgIpc) is 2.69. The Balaban J connectivity index is 3.83. The number of amides is 2. The van der Waals surface area contributed by atoms with Gasteiger partial charge in [-0.25, -0.2) is 0 Å². The van der Waals surface area contributed by atoms with Gasteiger partial charge in [-0.15, -0.1) is 0 Å². The Bertz CT molecular complexity index is 542. The smallest absolute Gasteiger partial charge is 0.303 e. The zero-order valence-corrected chi connectivity index (χ0v) is 17.9. The van der Waals surface area contributed by atoms with E-state index >= 15 is 0 Å². The molecule has 12 heteroatoms. The van der Waals surface area contributed by atoms with Crippen LogP contribution in [0.15, 0.2) is 0 Å². The Morgan fingerprint density at radius 3 is 1.48 bits per heavy atom. The van der Waals surface area contributed by atoms with Gasteiger partial charge in [-0.3, -0.25) is 28.9 Å². The van der Waals surface area contributed by atoms with Crippen LogP contribution in [0.3, 0.4) is 0 Å². The molecule has 0 aliphatic carbocycles. The molecule has 178 valence electrons. The second-order valence-corrected chi connectivity index (χ2v) is 6.69. The minimum atomic E-state index is -1.03. The molecule has 31 heavy (non-hydrogen) atoms. The third kappa shape index (κ3) is 20.5. The van der Waals surface area contributed by atoms with Crippen LogP contribution in [0.5, 0.6) is 0 Å². The van der Waals surface area contributed by atoms with Gasteiger partial charge >= 0.3 is 11.9 Å². The lowest BCUT2D eigenvalue weighted by Crippen LogP contribution is -2.36. The fraction of sp³-hybridized carbons (Fsp3) is 0.737. The van der Waals surface area contributed by atoms with Crippen LogP contribution in [0.25, 0.3) is 0 Å². The number of carboxylic acid groups (broad SMARTS) is 2. The van der Waals surface area contributed by atoms with E-state index in [0.29, 0.717) is 26.3 Å². The summed E-state index contributed by atoms with van der Waals surface area (Å²) in [4.78, 5) is 56.7. The summed E-state index contributed by atoms with van der Waals surface area (Å²) in [5.41, 5.74) is 0. The van der Waals surface area contributed by atoms with Crippen molar-refractivity contribution in [3.8, 4) is 0 Å². The Kier molecular flexibility index (Phi) is 16.7. The average molecular weight is 447 g/mol. The maximum atomic E-state index is 11.4. The van der Waals surface area contributed by atoms with Crippen LogP contribution < -0.4 is 10.6 Å². The number of carbonyl (C=O) groups is 5. The predicted molar refractivity (Wildman–Crippen MR) is 109 cm³/mol. The fourth-order valence-corrected chi connectivity index (χ4v) is 2.32. The lowest BCUT2D eigenvalue weighted by molar-refractivity contribution is -0.139. The summed E-state index contributed by atoms with van der Waals surface area (Å²) in [7, 11) is 0. The highest BCUT2D eigenvalue weighted by molar-refractivity contribution is 5.81. The SMILES string of the molecule is CC(=O)CN(CCOCCNC(=O)CCC(=O)O)CCOCCNC(=O)CCC(=O)O. The predicted octanol–water partition coefficient (Wildman–Crippen LogP) is -1.13. The normalized spacial score (nSPS) is 10.6. The molecule has 2 amide bonds. The summed E-state index contributed by atoms with van der Waals surface area (Å²) in [6.07, 6.45) is -0.584. The molecule has 0 bridgehead atoms. The van der Waals surface area contributed by atoms with E-state index in [0.717, 1.165) is 0 Å². The summed E-state index contributed by atoms with van der Waals surface area (Å²) in [6, 6.07) is 0. The molecule has 0 aliphatic rings. The van der Waals surface area contributed by atoms with Crippen molar-refractivity contribution in [3.05, 3.63) is 0 Å². The standard InChI is InChI=1S/C19H33N3O9/c1-15(23)14-22(8-12-30-10-6-20-16(24)2-4-18(26)27)9-13-31-11-7-21-17(25)3-5-19(28)29/h2-14H2,1H3,(H,20,24)(H,21,25)(H,26,27)(H,28,29). The van der Waals surface area contributed by atoms with E-state index < -0.39 is 11.9 Å². The van der Waals surface area contributed by atoms with Crippen LogP contribution in [0, 0.1) is 0 Å². The Morgan fingerprint density at radius 2 is 1.13 bits per heavy atom. The lowest BCUT2D eigenvalue weighted by atomic mass is 10.3. The Hall–Kier alpha value is -2.57. The third-order valence-corrected chi connectivity index (χ3v) is 3.82. The molecule has 0 radical (unpaired) electrons. The third-order valence-electron chi connectivity index (χ3n) is 3.82.